The molecule has 0 atom stereocenters. The Morgan fingerprint density at radius 1 is 1.45 bits per heavy atom. The van der Waals surface area contributed by atoms with Crippen molar-refractivity contribution < 1.29 is 13.2 Å². The van der Waals surface area contributed by atoms with Gasteiger partial charge in [0.05, 0.1) is 28.7 Å². The molecule has 0 aliphatic heterocycles. The van der Waals surface area contributed by atoms with Crippen LogP contribution in [0.3, 0.4) is 0 Å². The smallest absolute Gasteiger partial charge is 0.236 e. The minimum Gasteiger partial charge on any atom is -0.399 e. The Hall–Kier alpha value is -1.38. The summed E-state index contributed by atoms with van der Waals surface area (Å²) >= 11 is 1.26. The van der Waals surface area contributed by atoms with Gasteiger partial charge < -0.3 is 10.5 Å². The first-order chi connectivity index (χ1) is 9.35. The maximum Gasteiger partial charge on any atom is 0.236 e. The van der Waals surface area contributed by atoms with Crippen molar-refractivity contribution in [2.45, 2.75) is 20.0 Å². The van der Waals surface area contributed by atoms with Crippen LogP contribution in [0.15, 0.2) is 18.2 Å². The van der Waals surface area contributed by atoms with Gasteiger partial charge in [0.1, 0.15) is 0 Å². The van der Waals surface area contributed by atoms with E-state index < -0.39 is 10.0 Å². The Balaban J connectivity index is 2.07. The van der Waals surface area contributed by atoms with Crippen molar-refractivity contribution in [3.63, 3.8) is 0 Å². The zero-order chi connectivity index (χ0) is 14.8. The fraction of sp³-hybridized carbons (Fsp3) is 0.417. The van der Waals surface area contributed by atoms with E-state index in [4.69, 9.17) is 10.5 Å². The lowest BCUT2D eigenvalue weighted by molar-refractivity contribution is 0.0913. The largest absolute Gasteiger partial charge is 0.399 e. The molecule has 1 heterocycles. The topological polar surface area (TPSA) is 94.3 Å². The molecule has 3 N–H and O–H groups in total. The van der Waals surface area contributed by atoms with Crippen molar-refractivity contribution in [2.75, 3.05) is 22.8 Å². The Labute approximate surface area is 122 Å². The Bertz CT molecular complexity index is 695. The summed E-state index contributed by atoms with van der Waals surface area (Å²) in [6, 6.07) is 5.27. The van der Waals surface area contributed by atoms with Gasteiger partial charge in [-0.2, -0.15) is 0 Å². The summed E-state index contributed by atoms with van der Waals surface area (Å²) in [5, 5.41) is 0.343. The second kappa shape index (κ2) is 5.94. The Kier molecular flexibility index (Phi) is 4.46. The first-order valence-electron chi connectivity index (χ1n) is 6.14. The van der Waals surface area contributed by atoms with Crippen LogP contribution < -0.4 is 10.5 Å². The third kappa shape index (κ3) is 4.06. The third-order valence-corrected chi connectivity index (χ3v) is 4.73. The molecular weight excluding hydrogens is 298 g/mol. The van der Waals surface area contributed by atoms with E-state index in [1.54, 1.807) is 18.2 Å². The van der Waals surface area contributed by atoms with E-state index in [0.29, 0.717) is 10.8 Å². The average Bonchev–Trinajstić information content (AvgIpc) is 2.68. The minimum absolute atomic E-state index is 0.00984. The number of nitrogens with zero attached hydrogens (tertiary/aromatic N) is 1. The molecule has 6 nitrogen and oxygen atoms in total. The van der Waals surface area contributed by atoms with Gasteiger partial charge in [0.2, 0.25) is 10.0 Å². The summed E-state index contributed by atoms with van der Waals surface area (Å²) in [6.45, 7) is 3.88. The van der Waals surface area contributed by atoms with Crippen LogP contribution in [-0.4, -0.2) is 31.9 Å². The number of hydrogen-bond donors (Lipinski definition) is 2. The molecule has 0 saturated carbocycles. The quantitative estimate of drug-likeness (QED) is 0.796. The van der Waals surface area contributed by atoms with Gasteiger partial charge in [-0.25, -0.2) is 13.4 Å². The van der Waals surface area contributed by atoms with Crippen molar-refractivity contribution in [2.24, 2.45) is 0 Å². The zero-order valence-corrected chi connectivity index (χ0v) is 12.9. The van der Waals surface area contributed by atoms with Crippen LogP contribution in [0.2, 0.25) is 0 Å². The number of fused-ring (bicyclic) bond motifs is 1. The normalized spacial score (nSPS) is 12.2. The number of sulfonamides is 1. The second-order valence-corrected chi connectivity index (χ2v) is 7.46. The summed E-state index contributed by atoms with van der Waals surface area (Å²) in [6.07, 6.45) is 0.00984. The van der Waals surface area contributed by atoms with Crippen molar-refractivity contribution >= 4 is 42.4 Å². The highest BCUT2D eigenvalue weighted by atomic mass is 32.2. The molecule has 8 heteroatoms. The summed E-state index contributed by atoms with van der Waals surface area (Å²) in [4.78, 5) is 4.21. The summed E-state index contributed by atoms with van der Waals surface area (Å²) < 4.78 is 32.3. The molecule has 0 spiro atoms. The molecule has 0 aliphatic carbocycles. The molecule has 2 rings (SSSR count). The number of aromatic nitrogens is 1. The maximum absolute atomic E-state index is 11.9. The highest BCUT2D eigenvalue weighted by Crippen LogP contribution is 2.28. The first-order valence-corrected chi connectivity index (χ1v) is 8.61. The molecule has 1 aromatic heterocycles. The SMILES string of the molecule is CC(C)OCCS(=O)(=O)Nc1nc2ccc(N)cc2s1. The number of nitrogens with two attached hydrogens (primary N) is 1. The molecule has 20 heavy (non-hydrogen) atoms. The van der Waals surface area contributed by atoms with Crippen LogP contribution in [0.25, 0.3) is 10.2 Å². The Morgan fingerprint density at radius 2 is 2.20 bits per heavy atom. The standard InChI is InChI=1S/C12H17N3O3S2/c1-8(2)18-5-6-20(16,17)15-12-14-10-4-3-9(13)7-11(10)19-12/h3-4,7-8H,5-6,13H2,1-2H3,(H,14,15). The third-order valence-electron chi connectivity index (χ3n) is 2.46. The summed E-state index contributed by atoms with van der Waals surface area (Å²) in [5.74, 6) is -0.0940. The lowest BCUT2D eigenvalue weighted by atomic mass is 10.3. The monoisotopic (exact) mass is 315 g/mol. The van der Waals surface area contributed by atoms with Gasteiger partial charge in [-0.1, -0.05) is 11.3 Å². The number of nitrogens with one attached hydrogen (secondary N) is 1. The maximum atomic E-state index is 11.9. The molecule has 1 aromatic carbocycles. The van der Waals surface area contributed by atoms with Gasteiger partial charge in [-0.3, -0.25) is 4.72 Å². The van der Waals surface area contributed by atoms with E-state index in [1.165, 1.54) is 11.3 Å². The second-order valence-electron chi connectivity index (χ2n) is 4.59. The van der Waals surface area contributed by atoms with Crippen LogP contribution in [0.4, 0.5) is 10.8 Å². The number of benzene rings is 1. The molecule has 0 saturated heterocycles. The fourth-order valence-electron chi connectivity index (χ4n) is 1.56. The Morgan fingerprint density at radius 3 is 2.90 bits per heavy atom. The van der Waals surface area contributed by atoms with E-state index >= 15 is 0 Å². The van der Waals surface area contributed by atoms with Gasteiger partial charge >= 0.3 is 0 Å². The van der Waals surface area contributed by atoms with Crippen molar-refractivity contribution in [1.82, 2.24) is 4.98 Å². The van der Waals surface area contributed by atoms with Gasteiger partial charge in [-0.15, -0.1) is 0 Å². The van der Waals surface area contributed by atoms with Crippen LogP contribution >= 0.6 is 11.3 Å². The van der Waals surface area contributed by atoms with Crippen LogP contribution in [0, 0.1) is 0 Å². The number of rotatable bonds is 6. The minimum atomic E-state index is -3.45. The van der Waals surface area contributed by atoms with Gasteiger partial charge in [0, 0.05) is 5.69 Å². The average molecular weight is 315 g/mol. The van der Waals surface area contributed by atoms with E-state index in [-0.39, 0.29) is 18.5 Å². The van der Waals surface area contributed by atoms with Crippen molar-refractivity contribution in [3.05, 3.63) is 18.2 Å². The van der Waals surface area contributed by atoms with E-state index in [9.17, 15) is 8.42 Å². The highest BCUT2D eigenvalue weighted by molar-refractivity contribution is 7.92. The molecular formula is C12H17N3O3S2. The predicted octanol–water partition coefficient (Wildman–Crippen LogP) is 2.05. The predicted molar refractivity (Wildman–Crippen MR) is 82.5 cm³/mol. The van der Waals surface area contributed by atoms with Crippen molar-refractivity contribution in [1.29, 1.82) is 0 Å². The highest BCUT2D eigenvalue weighted by Gasteiger charge is 2.14. The lowest BCUT2D eigenvalue weighted by Crippen LogP contribution is -2.21. The van der Waals surface area contributed by atoms with Crippen molar-refractivity contribution in [3.8, 4) is 0 Å². The molecule has 2 aromatic rings. The first kappa shape index (κ1) is 15.0. The number of nitrogen functional groups attached to an aromatic ring is 1. The van der Waals surface area contributed by atoms with Gasteiger partial charge in [0.15, 0.2) is 5.13 Å². The fourth-order valence-corrected chi connectivity index (χ4v) is 3.60. The van der Waals surface area contributed by atoms with Crippen LogP contribution in [0.1, 0.15) is 13.8 Å². The molecule has 0 unspecified atom stereocenters. The van der Waals surface area contributed by atoms with E-state index in [2.05, 4.69) is 9.71 Å². The molecule has 0 aliphatic rings. The van der Waals surface area contributed by atoms with E-state index in [1.807, 2.05) is 13.8 Å². The number of hydrogen-bond acceptors (Lipinski definition) is 6. The molecule has 0 amide bonds. The summed E-state index contributed by atoms with van der Waals surface area (Å²) in [5.41, 5.74) is 7.03. The van der Waals surface area contributed by atoms with Gasteiger partial charge in [-0.05, 0) is 32.0 Å². The zero-order valence-electron chi connectivity index (χ0n) is 11.3. The molecule has 0 bridgehead atoms. The van der Waals surface area contributed by atoms with E-state index in [0.717, 1.165) is 10.2 Å². The molecule has 0 fully saturated rings. The lowest BCUT2D eigenvalue weighted by Gasteiger charge is -2.08. The number of thiazole rings is 1. The summed E-state index contributed by atoms with van der Waals surface area (Å²) in [7, 11) is -3.45. The number of ether oxygens (including phenoxy) is 1. The molecule has 110 valence electrons. The number of anilines is 2. The van der Waals surface area contributed by atoms with Crippen LogP contribution in [0.5, 0.6) is 0 Å². The molecule has 0 radical (unpaired) electrons. The van der Waals surface area contributed by atoms with Crippen LogP contribution in [-0.2, 0) is 14.8 Å². The van der Waals surface area contributed by atoms with Gasteiger partial charge in [0.25, 0.3) is 0 Å².